The Morgan fingerprint density at radius 3 is 1.91 bits per heavy atom. The first-order chi connectivity index (χ1) is 23.3. The number of hydrogen-bond acceptors (Lipinski definition) is 4. The highest BCUT2D eigenvalue weighted by molar-refractivity contribution is 6.12. The first-order valence-electron chi connectivity index (χ1n) is 15.7. The summed E-state index contributed by atoms with van der Waals surface area (Å²) in [5.41, 5.74) is 12.0. The van der Waals surface area contributed by atoms with Crippen molar-refractivity contribution in [2.45, 2.75) is 0 Å². The molecule has 0 aliphatic carbocycles. The molecule has 47 heavy (non-hydrogen) atoms. The number of fused-ring (bicyclic) bond motifs is 4. The Kier molecular flexibility index (Phi) is 6.43. The summed E-state index contributed by atoms with van der Waals surface area (Å²) in [6, 6.07) is 58.7. The van der Waals surface area contributed by atoms with Gasteiger partial charge < -0.3 is 13.7 Å². The van der Waals surface area contributed by atoms with Crippen molar-refractivity contribution in [3.8, 4) is 33.7 Å². The number of rotatable bonds is 6. The van der Waals surface area contributed by atoms with Crippen molar-refractivity contribution >= 4 is 50.1 Å². The number of anilines is 3. The fourth-order valence-electron chi connectivity index (χ4n) is 6.51. The van der Waals surface area contributed by atoms with Crippen LogP contribution in [0.25, 0.3) is 66.7 Å². The Bertz CT molecular complexity index is 2480. The molecule has 0 aliphatic heterocycles. The van der Waals surface area contributed by atoms with Gasteiger partial charge in [0.05, 0.1) is 5.69 Å². The summed E-state index contributed by atoms with van der Waals surface area (Å²) < 4.78 is 12.5. The number of oxazole rings is 1. The zero-order chi connectivity index (χ0) is 31.2. The minimum atomic E-state index is 0.593. The quantitative estimate of drug-likeness (QED) is 0.189. The molecule has 7 aromatic carbocycles. The molecule has 0 unspecified atom stereocenters. The summed E-state index contributed by atoms with van der Waals surface area (Å²) in [6.45, 7) is 0. The van der Waals surface area contributed by atoms with E-state index in [1.165, 1.54) is 11.1 Å². The largest absolute Gasteiger partial charge is 0.456 e. The number of hydrogen-bond donors (Lipinski definition) is 0. The number of aromatic nitrogens is 1. The van der Waals surface area contributed by atoms with Crippen molar-refractivity contribution in [1.82, 2.24) is 4.98 Å². The summed E-state index contributed by atoms with van der Waals surface area (Å²) >= 11 is 0. The highest BCUT2D eigenvalue weighted by Gasteiger charge is 2.19. The van der Waals surface area contributed by atoms with E-state index in [-0.39, 0.29) is 0 Å². The zero-order valence-electron chi connectivity index (χ0n) is 25.4. The van der Waals surface area contributed by atoms with Gasteiger partial charge in [0, 0.05) is 33.3 Å². The van der Waals surface area contributed by atoms with Crippen LogP contribution >= 0.6 is 0 Å². The Morgan fingerprint density at radius 1 is 0.426 bits per heavy atom. The molecular formula is C43H28N2O2. The molecule has 0 radical (unpaired) electrons. The number of furan rings is 1. The van der Waals surface area contributed by atoms with E-state index in [1.807, 2.05) is 42.5 Å². The van der Waals surface area contributed by atoms with E-state index in [0.29, 0.717) is 5.89 Å². The van der Waals surface area contributed by atoms with Gasteiger partial charge in [0.1, 0.15) is 16.7 Å². The van der Waals surface area contributed by atoms with Gasteiger partial charge in [-0.05, 0) is 83.4 Å². The lowest BCUT2D eigenvalue weighted by atomic mass is 10.00. The van der Waals surface area contributed by atoms with Crippen LogP contribution in [0.3, 0.4) is 0 Å². The van der Waals surface area contributed by atoms with E-state index in [2.05, 4.69) is 132 Å². The van der Waals surface area contributed by atoms with Crippen LogP contribution in [0.4, 0.5) is 17.1 Å². The van der Waals surface area contributed by atoms with Gasteiger partial charge in [0.25, 0.3) is 0 Å². The van der Waals surface area contributed by atoms with Crippen LogP contribution in [-0.2, 0) is 0 Å². The third-order valence-electron chi connectivity index (χ3n) is 8.72. The lowest BCUT2D eigenvalue weighted by molar-refractivity contribution is 0.620. The summed E-state index contributed by atoms with van der Waals surface area (Å²) in [6.07, 6.45) is 0. The van der Waals surface area contributed by atoms with Gasteiger partial charge in [-0.3, -0.25) is 0 Å². The highest BCUT2D eigenvalue weighted by Crippen LogP contribution is 2.42. The molecule has 0 amide bonds. The van der Waals surface area contributed by atoms with Crippen molar-refractivity contribution in [3.05, 3.63) is 170 Å². The van der Waals surface area contributed by atoms with Gasteiger partial charge in [0.2, 0.25) is 5.89 Å². The number of benzene rings is 7. The Morgan fingerprint density at radius 2 is 1.09 bits per heavy atom. The molecule has 0 bridgehead atoms. The summed E-state index contributed by atoms with van der Waals surface area (Å²) in [4.78, 5) is 7.08. The Balaban J connectivity index is 1.11. The van der Waals surface area contributed by atoms with Gasteiger partial charge >= 0.3 is 0 Å². The molecule has 222 valence electrons. The smallest absolute Gasteiger partial charge is 0.228 e. The molecule has 0 aliphatic rings. The zero-order valence-corrected chi connectivity index (χ0v) is 25.4. The lowest BCUT2D eigenvalue weighted by Gasteiger charge is -2.28. The fourth-order valence-corrected chi connectivity index (χ4v) is 6.51. The number of nitrogens with zero attached hydrogens (tertiary/aromatic N) is 2. The van der Waals surface area contributed by atoms with Gasteiger partial charge in [-0.25, -0.2) is 4.98 Å². The first kappa shape index (κ1) is 27.0. The number of para-hydroxylation sites is 4. The summed E-state index contributed by atoms with van der Waals surface area (Å²) in [7, 11) is 0. The van der Waals surface area contributed by atoms with Gasteiger partial charge in [0.15, 0.2) is 5.58 Å². The highest BCUT2D eigenvalue weighted by atomic mass is 16.3. The molecule has 0 saturated carbocycles. The average Bonchev–Trinajstić information content (AvgIpc) is 3.75. The van der Waals surface area contributed by atoms with Crippen LogP contribution in [0.1, 0.15) is 0 Å². The second-order valence-corrected chi connectivity index (χ2v) is 11.6. The minimum absolute atomic E-state index is 0.593. The maximum atomic E-state index is 6.41. The predicted molar refractivity (Wildman–Crippen MR) is 192 cm³/mol. The SMILES string of the molecule is c1ccc(-c2ccccc2N(c2ccccc2)c2ccc(-c3ccc4c(c3)oc3cccc(-c5nc6ccccc6o5)c34)cc2)cc1. The van der Waals surface area contributed by atoms with Crippen molar-refractivity contribution in [2.24, 2.45) is 0 Å². The lowest BCUT2D eigenvalue weighted by Crippen LogP contribution is -2.11. The molecule has 0 fully saturated rings. The van der Waals surface area contributed by atoms with Crippen LogP contribution in [0.5, 0.6) is 0 Å². The molecule has 0 atom stereocenters. The minimum Gasteiger partial charge on any atom is -0.456 e. The topological polar surface area (TPSA) is 42.4 Å². The first-order valence-corrected chi connectivity index (χ1v) is 15.7. The van der Waals surface area contributed by atoms with E-state index < -0.39 is 0 Å². The second-order valence-electron chi connectivity index (χ2n) is 11.6. The standard InChI is InChI=1S/C43H28N2O2/c1-3-12-30(13-4-1)34-16-7-9-19-38(34)45(32-14-5-2-6-15-32)33-25-22-29(23-26-33)31-24-27-35-41(28-31)46-40-21-11-17-36(42(35)40)43-44-37-18-8-10-20-39(37)47-43/h1-28H. The van der Waals surface area contributed by atoms with Crippen LogP contribution in [0.15, 0.2) is 179 Å². The van der Waals surface area contributed by atoms with Crippen molar-refractivity contribution in [3.63, 3.8) is 0 Å². The molecule has 0 saturated heterocycles. The van der Waals surface area contributed by atoms with Gasteiger partial charge in [-0.2, -0.15) is 0 Å². The summed E-state index contributed by atoms with van der Waals surface area (Å²) in [5.74, 6) is 0.593. The molecule has 9 rings (SSSR count). The molecule has 4 heteroatoms. The van der Waals surface area contributed by atoms with Crippen LogP contribution in [0, 0.1) is 0 Å². The predicted octanol–water partition coefficient (Wildman–Crippen LogP) is 12.2. The second kappa shape index (κ2) is 11.2. The molecule has 2 heterocycles. The molecule has 4 nitrogen and oxygen atoms in total. The molecule has 0 N–H and O–H groups in total. The van der Waals surface area contributed by atoms with Crippen LogP contribution in [0.2, 0.25) is 0 Å². The molecule has 0 spiro atoms. The monoisotopic (exact) mass is 604 g/mol. The average molecular weight is 605 g/mol. The van der Waals surface area contributed by atoms with E-state index in [0.717, 1.165) is 66.8 Å². The maximum absolute atomic E-state index is 6.41. The molecule has 9 aromatic rings. The van der Waals surface area contributed by atoms with Gasteiger partial charge in [-0.15, -0.1) is 0 Å². The van der Waals surface area contributed by atoms with E-state index in [1.54, 1.807) is 0 Å². The maximum Gasteiger partial charge on any atom is 0.228 e. The Hall–Kier alpha value is -6.39. The molecular weight excluding hydrogens is 576 g/mol. The Labute approximate surface area is 271 Å². The summed E-state index contributed by atoms with van der Waals surface area (Å²) in [5, 5.41) is 2.04. The van der Waals surface area contributed by atoms with Crippen molar-refractivity contribution < 1.29 is 8.83 Å². The van der Waals surface area contributed by atoms with E-state index in [4.69, 9.17) is 13.8 Å². The van der Waals surface area contributed by atoms with Gasteiger partial charge in [-0.1, -0.05) is 103 Å². The fraction of sp³-hybridized carbons (Fsp3) is 0. The normalized spacial score (nSPS) is 11.4. The van der Waals surface area contributed by atoms with E-state index in [9.17, 15) is 0 Å². The van der Waals surface area contributed by atoms with Crippen molar-refractivity contribution in [1.29, 1.82) is 0 Å². The van der Waals surface area contributed by atoms with Crippen molar-refractivity contribution in [2.75, 3.05) is 4.90 Å². The third kappa shape index (κ3) is 4.75. The van der Waals surface area contributed by atoms with Crippen LogP contribution in [-0.4, -0.2) is 4.98 Å². The van der Waals surface area contributed by atoms with E-state index >= 15 is 0 Å². The third-order valence-corrected chi connectivity index (χ3v) is 8.72. The molecule has 2 aromatic heterocycles. The van der Waals surface area contributed by atoms with Crippen LogP contribution < -0.4 is 4.90 Å².